The number of rotatable bonds is 2. The van der Waals surface area contributed by atoms with E-state index in [0.717, 1.165) is 44.2 Å². The van der Waals surface area contributed by atoms with Crippen molar-refractivity contribution >= 4 is 63.5 Å². The molecule has 0 aromatic rings. The molecule has 2 aliphatic heterocycles. The van der Waals surface area contributed by atoms with Crippen molar-refractivity contribution < 1.29 is 0 Å². The van der Waals surface area contributed by atoms with Crippen LogP contribution < -0.4 is 0 Å². The number of halogens is 2. The molecule has 1 saturated heterocycles. The van der Waals surface area contributed by atoms with Gasteiger partial charge >= 0.3 is 0 Å². The van der Waals surface area contributed by atoms with E-state index in [2.05, 4.69) is 82.3 Å². The van der Waals surface area contributed by atoms with Gasteiger partial charge in [0.05, 0.1) is 8.07 Å². The minimum Gasteiger partial charge on any atom is -0.157 e. The van der Waals surface area contributed by atoms with Gasteiger partial charge in [0, 0.05) is 31.3 Å². The number of thioether (sulfide) groups is 2. The van der Waals surface area contributed by atoms with E-state index in [1.54, 1.807) is 10.1 Å². The molecule has 0 nitrogen and oxygen atoms in total. The van der Waals surface area contributed by atoms with Gasteiger partial charge in [-0.25, -0.2) is 0 Å². The van der Waals surface area contributed by atoms with Crippen molar-refractivity contribution in [2.24, 2.45) is 17.8 Å². The third kappa shape index (κ3) is 2.73. The Labute approximate surface area is 168 Å². The third-order valence-corrected chi connectivity index (χ3v) is 18.5. The lowest BCUT2D eigenvalue weighted by Gasteiger charge is -2.44. The fourth-order valence-electron chi connectivity index (χ4n) is 6.54. The number of hydrogen-bond acceptors (Lipinski definition) is 2. The zero-order valence-corrected chi connectivity index (χ0v) is 20.3. The smallest absolute Gasteiger partial charge is 0.0567 e. The van der Waals surface area contributed by atoms with Crippen molar-refractivity contribution in [3.05, 3.63) is 10.1 Å². The van der Waals surface area contributed by atoms with Gasteiger partial charge in [0.15, 0.2) is 0 Å². The van der Waals surface area contributed by atoms with Gasteiger partial charge in [-0.1, -0.05) is 58.8 Å². The Balaban J connectivity index is 1.65. The van der Waals surface area contributed by atoms with Crippen LogP contribution >= 0.6 is 55.4 Å². The van der Waals surface area contributed by atoms with E-state index in [1.807, 2.05) is 0 Å². The molecule has 0 amide bonds. The summed E-state index contributed by atoms with van der Waals surface area (Å²) in [4.78, 5) is 0.779. The second-order valence-corrected chi connectivity index (χ2v) is 18.4. The van der Waals surface area contributed by atoms with Gasteiger partial charge in [-0.15, -0.1) is 11.8 Å². The average Bonchev–Trinajstić information content (AvgIpc) is 3.16. The molecule has 0 spiro atoms. The lowest BCUT2D eigenvalue weighted by Crippen LogP contribution is -2.46. The van der Waals surface area contributed by atoms with Crippen molar-refractivity contribution in [1.82, 2.24) is 0 Å². The Hall–Kier alpha value is 1.62. The van der Waals surface area contributed by atoms with Crippen molar-refractivity contribution in [2.75, 3.05) is 11.5 Å². The third-order valence-electron chi connectivity index (χ3n) is 7.23. The van der Waals surface area contributed by atoms with Gasteiger partial charge in [-0.2, -0.15) is 11.8 Å². The molecule has 0 N–H and O–H groups in total. The quantitative estimate of drug-likeness (QED) is 0.306. The van der Waals surface area contributed by atoms with E-state index in [4.69, 9.17) is 0 Å². The Morgan fingerprint density at radius 1 is 1.09 bits per heavy atom. The standard InChI is InChI=1S/C18H28Br2S2Si/c1-9-5-11-13(19)7-21-15(11)17(9)23(3,4)18-10(2)6-12-14(20)8-22-16(12)18/h9-11,13,15-18H,5-8H2,1-4H3. The highest BCUT2D eigenvalue weighted by molar-refractivity contribution is 9.12. The van der Waals surface area contributed by atoms with Crippen LogP contribution in [0.1, 0.15) is 26.7 Å². The zero-order chi connectivity index (χ0) is 16.5. The fourth-order valence-corrected chi connectivity index (χ4v) is 20.2. The molecule has 8 unspecified atom stereocenters. The molecule has 4 rings (SSSR count). The summed E-state index contributed by atoms with van der Waals surface area (Å²) in [5, 5.41) is 1.80. The predicted molar refractivity (Wildman–Crippen MR) is 117 cm³/mol. The second kappa shape index (κ2) is 6.35. The number of alkyl halides is 1. The van der Waals surface area contributed by atoms with E-state index >= 15 is 0 Å². The summed E-state index contributed by atoms with van der Waals surface area (Å²) in [5.74, 6) is 5.36. The summed E-state index contributed by atoms with van der Waals surface area (Å²) in [7, 11) is -1.31. The van der Waals surface area contributed by atoms with Crippen LogP contribution in [0.15, 0.2) is 10.1 Å². The van der Waals surface area contributed by atoms with Crippen LogP contribution in [-0.4, -0.2) is 34.9 Å². The highest BCUT2D eigenvalue weighted by Crippen LogP contribution is 2.65. The molecule has 3 fully saturated rings. The van der Waals surface area contributed by atoms with E-state index in [1.165, 1.54) is 24.3 Å². The van der Waals surface area contributed by atoms with Crippen LogP contribution in [0.2, 0.25) is 24.2 Å². The van der Waals surface area contributed by atoms with Crippen LogP contribution in [0.25, 0.3) is 0 Å². The first-order chi connectivity index (χ1) is 10.8. The van der Waals surface area contributed by atoms with Gasteiger partial charge in [0.2, 0.25) is 0 Å². The Morgan fingerprint density at radius 2 is 1.83 bits per heavy atom. The van der Waals surface area contributed by atoms with Crippen LogP contribution in [-0.2, 0) is 0 Å². The molecule has 2 heterocycles. The monoisotopic (exact) mass is 494 g/mol. The summed E-state index contributed by atoms with van der Waals surface area (Å²) >= 11 is 12.4. The predicted octanol–water partition coefficient (Wildman–Crippen LogP) is 6.77. The summed E-state index contributed by atoms with van der Waals surface area (Å²) in [6.07, 6.45) is 2.84. The van der Waals surface area contributed by atoms with E-state index < -0.39 is 8.07 Å². The number of hydrogen-bond donors (Lipinski definition) is 0. The van der Waals surface area contributed by atoms with E-state index in [-0.39, 0.29) is 0 Å². The summed E-state index contributed by atoms with van der Waals surface area (Å²) in [5.41, 5.74) is 3.79. The van der Waals surface area contributed by atoms with Gasteiger partial charge < -0.3 is 0 Å². The molecule has 23 heavy (non-hydrogen) atoms. The number of fused-ring (bicyclic) bond motifs is 2. The molecular weight excluding hydrogens is 468 g/mol. The molecule has 2 aliphatic carbocycles. The van der Waals surface area contributed by atoms with Gasteiger partial charge in [0.1, 0.15) is 0 Å². The highest BCUT2D eigenvalue weighted by atomic mass is 79.9. The first kappa shape index (κ1) is 18.0. The molecule has 0 aromatic carbocycles. The van der Waals surface area contributed by atoms with Crippen molar-refractivity contribution in [1.29, 1.82) is 0 Å². The van der Waals surface area contributed by atoms with Crippen LogP contribution in [0.3, 0.4) is 0 Å². The molecule has 0 aromatic heterocycles. The largest absolute Gasteiger partial charge is 0.157 e. The SMILES string of the molecule is CC1CC2=C(Br)CSC2C1[Si](C)(C)C1C(C)CC2C(Br)CSC21. The van der Waals surface area contributed by atoms with Gasteiger partial charge in [0.25, 0.3) is 0 Å². The molecular formula is C18H28Br2S2Si. The molecule has 5 heteroatoms. The van der Waals surface area contributed by atoms with Crippen LogP contribution in [0.5, 0.6) is 0 Å². The minimum atomic E-state index is -1.31. The van der Waals surface area contributed by atoms with Crippen LogP contribution in [0.4, 0.5) is 0 Å². The summed E-state index contributed by atoms with van der Waals surface area (Å²) in [6, 6.07) is 0. The zero-order valence-electron chi connectivity index (χ0n) is 14.5. The first-order valence-electron chi connectivity index (χ1n) is 9.07. The second-order valence-electron chi connectivity index (χ2n) is 8.91. The van der Waals surface area contributed by atoms with Crippen molar-refractivity contribution in [3.8, 4) is 0 Å². The van der Waals surface area contributed by atoms with Gasteiger partial charge in [-0.3, -0.25) is 0 Å². The minimum absolute atomic E-state index is 0.779. The van der Waals surface area contributed by atoms with Crippen molar-refractivity contribution in [3.63, 3.8) is 0 Å². The lowest BCUT2D eigenvalue weighted by molar-refractivity contribution is 0.525. The average molecular weight is 496 g/mol. The molecule has 0 bridgehead atoms. The Bertz CT molecular complexity index is 535. The molecule has 8 atom stereocenters. The Kier molecular flexibility index (Phi) is 4.97. The maximum Gasteiger partial charge on any atom is 0.0567 e. The molecule has 0 radical (unpaired) electrons. The summed E-state index contributed by atoms with van der Waals surface area (Å²) < 4.78 is 1.54. The topological polar surface area (TPSA) is 0 Å². The first-order valence-corrected chi connectivity index (χ1v) is 16.0. The van der Waals surface area contributed by atoms with Crippen molar-refractivity contribution in [2.45, 2.75) is 66.2 Å². The van der Waals surface area contributed by atoms with E-state index in [9.17, 15) is 0 Å². The fraction of sp³-hybridized carbons (Fsp3) is 0.889. The lowest BCUT2D eigenvalue weighted by atomic mass is 10.0. The van der Waals surface area contributed by atoms with Crippen LogP contribution in [0, 0.1) is 17.8 Å². The molecule has 4 aliphatic rings. The molecule has 2 saturated carbocycles. The normalized spacial score (nSPS) is 49.8. The van der Waals surface area contributed by atoms with E-state index in [0.29, 0.717) is 0 Å². The summed E-state index contributed by atoms with van der Waals surface area (Å²) in [6.45, 7) is 10.6. The highest BCUT2D eigenvalue weighted by Gasteiger charge is 2.59. The molecule has 130 valence electrons. The Morgan fingerprint density at radius 3 is 2.57 bits per heavy atom. The maximum atomic E-state index is 3.99. The maximum absolute atomic E-state index is 3.99. The van der Waals surface area contributed by atoms with Gasteiger partial charge in [-0.05, 0) is 47.3 Å².